The Hall–Kier alpha value is -2.29. The Morgan fingerprint density at radius 2 is 1.89 bits per heavy atom. The molecule has 0 aliphatic heterocycles. The molecule has 0 amide bonds. The van der Waals surface area contributed by atoms with Crippen LogP contribution < -0.4 is 5.73 Å². The summed E-state index contributed by atoms with van der Waals surface area (Å²) in [6, 6.07) is 14.2. The highest BCUT2D eigenvalue weighted by Crippen LogP contribution is 2.25. The number of anilines is 1. The fourth-order valence-electron chi connectivity index (χ4n) is 2.22. The van der Waals surface area contributed by atoms with Gasteiger partial charge in [0.1, 0.15) is 5.82 Å². The van der Waals surface area contributed by atoms with Crippen LogP contribution >= 0.6 is 0 Å². The number of nitrogens with two attached hydrogens (primary N) is 1. The number of rotatable bonds is 1. The number of aryl methyl sites for hydroxylation is 2. The van der Waals surface area contributed by atoms with E-state index in [0.717, 1.165) is 33.7 Å². The molecule has 0 aliphatic rings. The van der Waals surface area contributed by atoms with Crippen molar-refractivity contribution in [3.8, 4) is 11.4 Å². The fourth-order valence-corrected chi connectivity index (χ4v) is 2.22. The van der Waals surface area contributed by atoms with Crippen LogP contribution in [0.1, 0.15) is 5.56 Å². The van der Waals surface area contributed by atoms with Gasteiger partial charge in [-0.05, 0) is 42.8 Å². The minimum absolute atomic E-state index is 0.817. The van der Waals surface area contributed by atoms with Crippen molar-refractivity contribution in [1.29, 1.82) is 0 Å². The zero-order chi connectivity index (χ0) is 12.7. The van der Waals surface area contributed by atoms with Crippen LogP contribution in [0.2, 0.25) is 0 Å². The number of fused-ring (bicyclic) bond motifs is 1. The molecule has 1 aromatic heterocycles. The Labute approximate surface area is 106 Å². The monoisotopic (exact) mass is 237 g/mol. The molecule has 18 heavy (non-hydrogen) atoms. The van der Waals surface area contributed by atoms with Gasteiger partial charge >= 0.3 is 0 Å². The third-order valence-corrected chi connectivity index (χ3v) is 3.32. The van der Waals surface area contributed by atoms with E-state index in [1.807, 2.05) is 44.3 Å². The number of imidazole rings is 1. The van der Waals surface area contributed by atoms with Crippen molar-refractivity contribution in [3.05, 3.63) is 48.0 Å². The number of benzene rings is 2. The summed E-state index contributed by atoms with van der Waals surface area (Å²) in [7, 11) is 2.04. The second-order valence-electron chi connectivity index (χ2n) is 4.55. The molecular weight excluding hydrogens is 222 g/mol. The Balaban J connectivity index is 2.25. The summed E-state index contributed by atoms with van der Waals surface area (Å²) >= 11 is 0. The van der Waals surface area contributed by atoms with Gasteiger partial charge in [-0.2, -0.15) is 0 Å². The smallest absolute Gasteiger partial charge is 0.140 e. The Bertz CT molecular complexity index is 726. The summed E-state index contributed by atoms with van der Waals surface area (Å²) in [5.74, 6) is 0.972. The number of aromatic nitrogens is 2. The lowest BCUT2D eigenvalue weighted by atomic mass is 10.1. The topological polar surface area (TPSA) is 43.8 Å². The maximum Gasteiger partial charge on any atom is 0.140 e. The van der Waals surface area contributed by atoms with Crippen LogP contribution in [-0.2, 0) is 7.05 Å². The predicted octanol–water partition coefficient (Wildman–Crippen LogP) is 3.13. The van der Waals surface area contributed by atoms with Crippen molar-refractivity contribution in [3.63, 3.8) is 0 Å². The number of nitrogen functional groups attached to an aromatic ring is 1. The van der Waals surface area contributed by atoms with E-state index >= 15 is 0 Å². The summed E-state index contributed by atoms with van der Waals surface area (Å²) in [4.78, 5) is 4.68. The molecular formula is C15H15N3. The van der Waals surface area contributed by atoms with Crippen molar-refractivity contribution >= 4 is 16.7 Å². The van der Waals surface area contributed by atoms with Gasteiger partial charge in [-0.15, -0.1) is 0 Å². The zero-order valence-corrected chi connectivity index (χ0v) is 10.5. The molecule has 0 radical (unpaired) electrons. The van der Waals surface area contributed by atoms with Gasteiger partial charge in [0, 0.05) is 18.3 Å². The van der Waals surface area contributed by atoms with Gasteiger partial charge in [0.25, 0.3) is 0 Å². The van der Waals surface area contributed by atoms with Gasteiger partial charge in [-0.3, -0.25) is 0 Å². The van der Waals surface area contributed by atoms with Crippen molar-refractivity contribution in [2.24, 2.45) is 7.05 Å². The molecule has 0 atom stereocenters. The number of hydrogen-bond acceptors (Lipinski definition) is 2. The van der Waals surface area contributed by atoms with Crippen LogP contribution in [0.5, 0.6) is 0 Å². The van der Waals surface area contributed by atoms with Crippen LogP contribution in [0.3, 0.4) is 0 Å². The predicted molar refractivity (Wildman–Crippen MR) is 75.3 cm³/mol. The van der Waals surface area contributed by atoms with Gasteiger partial charge in [-0.1, -0.05) is 12.1 Å². The van der Waals surface area contributed by atoms with Gasteiger partial charge in [0.2, 0.25) is 0 Å². The molecule has 0 bridgehead atoms. The highest BCUT2D eigenvalue weighted by molar-refractivity contribution is 5.80. The van der Waals surface area contributed by atoms with Crippen LogP contribution in [0.25, 0.3) is 22.4 Å². The van der Waals surface area contributed by atoms with E-state index in [-0.39, 0.29) is 0 Å². The minimum Gasteiger partial charge on any atom is -0.399 e. The molecule has 0 fully saturated rings. The molecule has 0 aliphatic carbocycles. The Kier molecular flexibility index (Phi) is 2.33. The van der Waals surface area contributed by atoms with E-state index in [1.165, 1.54) is 0 Å². The lowest BCUT2D eigenvalue weighted by molar-refractivity contribution is 0.959. The maximum atomic E-state index is 5.85. The van der Waals surface area contributed by atoms with Gasteiger partial charge in [0.05, 0.1) is 11.0 Å². The molecule has 0 saturated heterocycles. The standard InChI is InChI=1S/C15H15N3/c1-10-9-11(7-8-12(10)16)15-17-13-5-3-4-6-14(13)18(15)2/h3-9H,16H2,1-2H3. The Morgan fingerprint density at radius 3 is 2.61 bits per heavy atom. The number of nitrogens with zero attached hydrogens (tertiary/aromatic N) is 2. The number of para-hydroxylation sites is 2. The summed E-state index contributed by atoms with van der Waals surface area (Å²) in [5, 5.41) is 0. The molecule has 2 aromatic carbocycles. The highest BCUT2D eigenvalue weighted by atomic mass is 15.1. The van der Waals surface area contributed by atoms with Crippen molar-refractivity contribution < 1.29 is 0 Å². The van der Waals surface area contributed by atoms with E-state index in [1.54, 1.807) is 0 Å². The van der Waals surface area contributed by atoms with Crippen molar-refractivity contribution in [1.82, 2.24) is 9.55 Å². The van der Waals surface area contributed by atoms with Crippen molar-refractivity contribution in [2.75, 3.05) is 5.73 Å². The molecule has 1 heterocycles. The lowest BCUT2D eigenvalue weighted by Crippen LogP contribution is -1.94. The average Bonchev–Trinajstić information content (AvgIpc) is 2.71. The molecule has 3 aromatic rings. The molecule has 90 valence electrons. The quantitative estimate of drug-likeness (QED) is 0.661. The molecule has 0 unspecified atom stereocenters. The van der Waals surface area contributed by atoms with Gasteiger partial charge in [0.15, 0.2) is 0 Å². The summed E-state index contributed by atoms with van der Waals surface area (Å²) in [5.41, 5.74) is 11.0. The van der Waals surface area contributed by atoms with Gasteiger partial charge < -0.3 is 10.3 Å². The van der Waals surface area contributed by atoms with E-state index in [0.29, 0.717) is 0 Å². The maximum absolute atomic E-state index is 5.85. The molecule has 0 spiro atoms. The first-order valence-electron chi connectivity index (χ1n) is 5.95. The molecule has 0 saturated carbocycles. The lowest BCUT2D eigenvalue weighted by Gasteiger charge is -2.05. The summed E-state index contributed by atoms with van der Waals surface area (Å²) in [6.07, 6.45) is 0. The first-order valence-corrected chi connectivity index (χ1v) is 5.95. The van der Waals surface area contributed by atoms with Gasteiger partial charge in [-0.25, -0.2) is 4.98 Å². The molecule has 2 N–H and O–H groups in total. The van der Waals surface area contributed by atoms with Crippen LogP contribution in [0.4, 0.5) is 5.69 Å². The zero-order valence-electron chi connectivity index (χ0n) is 10.5. The second-order valence-corrected chi connectivity index (χ2v) is 4.55. The second kappa shape index (κ2) is 3.88. The normalized spacial score (nSPS) is 11.0. The third kappa shape index (κ3) is 1.56. The first-order chi connectivity index (χ1) is 8.66. The first kappa shape index (κ1) is 10.8. The van der Waals surface area contributed by atoms with E-state index in [2.05, 4.69) is 21.7 Å². The summed E-state index contributed by atoms with van der Waals surface area (Å²) < 4.78 is 2.11. The minimum atomic E-state index is 0.817. The highest BCUT2D eigenvalue weighted by Gasteiger charge is 2.09. The van der Waals surface area contributed by atoms with Crippen molar-refractivity contribution in [2.45, 2.75) is 6.92 Å². The number of hydrogen-bond donors (Lipinski definition) is 1. The SMILES string of the molecule is Cc1cc(-c2nc3ccccc3n2C)ccc1N. The van der Waals surface area contributed by atoms with Crippen LogP contribution in [0.15, 0.2) is 42.5 Å². The average molecular weight is 237 g/mol. The summed E-state index contributed by atoms with van der Waals surface area (Å²) in [6.45, 7) is 2.02. The van der Waals surface area contributed by atoms with Crippen LogP contribution in [-0.4, -0.2) is 9.55 Å². The van der Waals surface area contributed by atoms with Crippen LogP contribution in [0, 0.1) is 6.92 Å². The van der Waals surface area contributed by atoms with E-state index in [4.69, 9.17) is 5.73 Å². The third-order valence-electron chi connectivity index (χ3n) is 3.32. The Morgan fingerprint density at radius 1 is 1.11 bits per heavy atom. The molecule has 3 heteroatoms. The largest absolute Gasteiger partial charge is 0.399 e. The fraction of sp³-hybridized carbons (Fsp3) is 0.133. The molecule has 3 nitrogen and oxygen atoms in total. The van der Waals surface area contributed by atoms with E-state index < -0.39 is 0 Å². The molecule has 3 rings (SSSR count). The van der Waals surface area contributed by atoms with E-state index in [9.17, 15) is 0 Å².